The minimum Gasteiger partial charge on any atom is -0.493 e. The standard InChI is InChI=1S/C17H21N3OS/c1-4-14(13-9-7-12(2)8-10-13)19-17(22)20-16-15(21-3)6-5-11-18-16/h5-11,14H,4H2,1-3H3,(H2,18,19,20,22)/t14-/m0/s1. The highest BCUT2D eigenvalue weighted by Gasteiger charge is 2.12. The average Bonchev–Trinajstić information content (AvgIpc) is 2.54. The Kier molecular flexibility index (Phi) is 5.72. The van der Waals surface area contributed by atoms with Gasteiger partial charge < -0.3 is 15.4 Å². The number of aryl methyl sites for hydroxylation is 1. The summed E-state index contributed by atoms with van der Waals surface area (Å²) < 4.78 is 5.26. The lowest BCUT2D eigenvalue weighted by Gasteiger charge is -2.20. The predicted octanol–water partition coefficient (Wildman–Crippen LogP) is 3.84. The SMILES string of the molecule is CC[C@H](NC(=S)Nc1ncccc1OC)c1ccc(C)cc1. The molecule has 5 heteroatoms. The van der Waals surface area contributed by atoms with Crippen molar-refractivity contribution >= 4 is 23.1 Å². The Hall–Kier alpha value is -2.14. The fourth-order valence-corrected chi connectivity index (χ4v) is 2.41. The van der Waals surface area contributed by atoms with Crippen LogP contribution in [0.4, 0.5) is 5.82 Å². The Morgan fingerprint density at radius 1 is 1.27 bits per heavy atom. The Labute approximate surface area is 136 Å². The third-order valence-corrected chi connectivity index (χ3v) is 3.64. The van der Waals surface area contributed by atoms with Gasteiger partial charge in [0.1, 0.15) is 0 Å². The van der Waals surface area contributed by atoms with Crippen molar-refractivity contribution in [2.75, 3.05) is 12.4 Å². The summed E-state index contributed by atoms with van der Waals surface area (Å²) in [6.45, 7) is 4.21. The van der Waals surface area contributed by atoms with Gasteiger partial charge in [-0.2, -0.15) is 0 Å². The summed E-state index contributed by atoms with van der Waals surface area (Å²) in [6.07, 6.45) is 2.63. The largest absolute Gasteiger partial charge is 0.493 e. The van der Waals surface area contributed by atoms with Crippen LogP contribution in [0, 0.1) is 6.92 Å². The quantitative estimate of drug-likeness (QED) is 0.821. The van der Waals surface area contributed by atoms with E-state index in [0.29, 0.717) is 16.7 Å². The zero-order valence-electron chi connectivity index (χ0n) is 13.1. The van der Waals surface area contributed by atoms with Gasteiger partial charge in [-0.25, -0.2) is 4.98 Å². The molecule has 2 N–H and O–H groups in total. The summed E-state index contributed by atoms with van der Waals surface area (Å²) in [4.78, 5) is 4.24. The van der Waals surface area contributed by atoms with Gasteiger partial charge in [0.15, 0.2) is 16.7 Å². The summed E-state index contributed by atoms with van der Waals surface area (Å²) >= 11 is 5.39. The van der Waals surface area contributed by atoms with Crippen molar-refractivity contribution in [1.29, 1.82) is 0 Å². The maximum absolute atomic E-state index is 5.39. The van der Waals surface area contributed by atoms with Crippen molar-refractivity contribution < 1.29 is 4.74 Å². The molecule has 2 aromatic rings. The number of hydrogen-bond donors (Lipinski definition) is 2. The number of benzene rings is 1. The van der Waals surface area contributed by atoms with E-state index in [0.717, 1.165) is 6.42 Å². The molecule has 0 aliphatic rings. The molecule has 2 rings (SSSR count). The van der Waals surface area contributed by atoms with Crippen molar-refractivity contribution in [3.8, 4) is 5.75 Å². The van der Waals surface area contributed by atoms with Crippen LogP contribution in [0.2, 0.25) is 0 Å². The molecule has 0 fully saturated rings. The van der Waals surface area contributed by atoms with Crippen molar-refractivity contribution in [3.63, 3.8) is 0 Å². The van der Waals surface area contributed by atoms with E-state index in [9.17, 15) is 0 Å². The maximum Gasteiger partial charge on any atom is 0.174 e. The highest BCUT2D eigenvalue weighted by atomic mass is 32.1. The lowest BCUT2D eigenvalue weighted by atomic mass is 10.0. The Bertz CT molecular complexity index is 628. The molecule has 4 nitrogen and oxygen atoms in total. The average molecular weight is 315 g/mol. The fourth-order valence-electron chi connectivity index (χ4n) is 2.17. The summed E-state index contributed by atoms with van der Waals surface area (Å²) in [5, 5.41) is 6.95. The first-order valence-corrected chi connectivity index (χ1v) is 7.68. The molecule has 0 saturated heterocycles. The molecule has 1 heterocycles. The first-order chi connectivity index (χ1) is 10.6. The fraction of sp³-hybridized carbons (Fsp3) is 0.294. The smallest absolute Gasteiger partial charge is 0.174 e. The van der Waals surface area contributed by atoms with Gasteiger partial charge in [-0.05, 0) is 43.3 Å². The molecule has 0 unspecified atom stereocenters. The van der Waals surface area contributed by atoms with Crippen LogP contribution in [0.25, 0.3) is 0 Å². The molecule has 0 bridgehead atoms. The third-order valence-electron chi connectivity index (χ3n) is 3.42. The number of rotatable bonds is 5. The molecule has 0 aliphatic heterocycles. The molecule has 1 aromatic carbocycles. The number of anilines is 1. The highest BCUT2D eigenvalue weighted by molar-refractivity contribution is 7.80. The maximum atomic E-state index is 5.39. The van der Waals surface area contributed by atoms with E-state index in [1.54, 1.807) is 13.3 Å². The molecule has 0 radical (unpaired) electrons. The minimum atomic E-state index is 0.162. The summed E-state index contributed by atoms with van der Waals surface area (Å²) in [5.41, 5.74) is 2.46. The summed E-state index contributed by atoms with van der Waals surface area (Å²) in [5.74, 6) is 1.27. The molecule has 22 heavy (non-hydrogen) atoms. The van der Waals surface area contributed by atoms with Crippen LogP contribution in [-0.4, -0.2) is 17.2 Å². The van der Waals surface area contributed by atoms with E-state index in [1.165, 1.54) is 11.1 Å². The number of hydrogen-bond acceptors (Lipinski definition) is 3. The van der Waals surface area contributed by atoms with Gasteiger partial charge in [0.2, 0.25) is 0 Å². The van der Waals surface area contributed by atoms with Crippen molar-refractivity contribution in [2.24, 2.45) is 0 Å². The van der Waals surface area contributed by atoms with E-state index in [4.69, 9.17) is 17.0 Å². The van der Waals surface area contributed by atoms with Crippen molar-refractivity contribution in [2.45, 2.75) is 26.3 Å². The summed E-state index contributed by atoms with van der Waals surface area (Å²) in [7, 11) is 1.61. The molecule has 0 spiro atoms. The van der Waals surface area contributed by atoms with E-state index >= 15 is 0 Å². The topological polar surface area (TPSA) is 46.2 Å². The van der Waals surface area contributed by atoms with E-state index in [2.05, 4.69) is 53.7 Å². The minimum absolute atomic E-state index is 0.162. The van der Waals surface area contributed by atoms with Crippen LogP contribution in [0.5, 0.6) is 5.75 Å². The second kappa shape index (κ2) is 7.75. The van der Waals surface area contributed by atoms with Gasteiger partial charge in [-0.1, -0.05) is 36.8 Å². The van der Waals surface area contributed by atoms with Gasteiger partial charge in [-0.15, -0.1) is 0 Å². The molecule has 1 atom stereocenters. The number of nitrogens with one attached hydrogen (secondary N) is 2. The van der Waals surface area contributed by atoms with Crippen molar-refractivity contribution in [1.82, 2.24) is 10.3 Å². The van der Waals surface area contributed by atoms with E-state index < -0.39 is 0 Å². The Balaban J connectivity index is 2.05. The third kappa shape index (κ3) is 4.18. The number of ether oxygens (including phenoxy) is 1. The highest BCUT2D eigenvalue weighted by Crippen LogP contribution is 2.21. The predicted molar refractivity (Wildman–Crippen MR) is 94.4 cm³/mol. The molecule has 116 valence electrons. The molecule has 1 aromatic heterocycles. The molecule has 0 aliphatic carbocycles. The summed E-state index contributed by atoms with van der Waals surface area (Å²) in [6, 6.07) is 12.3. The Morgan fingerprint density at radius 2 is 2.00 bits per heavy atom. The number of aromatic nitrogens is 1. The van der Waals surface area contributed by atoms with Crippen LogP contribution in [0.1, 0.15) is 30.5 Å². The lowest BCUT2D eigenvalue weighted by molar-refractivity contribution is 0.415. The van der Waals surface area contributed by atoms with Crippen LogP contribution in [-0.2, 0) is 0 Å². The monoisotopic (exact) mass is 315 g/mol. The van der Waals surface area contributed by atoms with Crippen LogP contribution >= 0.6 is 12.2 Å². The molecular formula is C17H21N3OS. The number of thiocarbonyl (C=S) groups is 1. The first kappa shape index (κ1) is 16.2. The zero-order valence-corrected chi connectivity index (χ0v) is 13.9. The van der Waals surface area contributed by atoms with Gasteiger partial charge in [0.25, 0.3) is 0 Å². The molecular weight excluding hydrogens is 294 g/mol. The van der Waals surface area contributed by atoms with E-state index in [1.807, 2.05) is 12.1 Å². The molecule has 0 amide bonds. The lowest BCUT2D eigenvalue weighted by Crippen LogP contribution is -2.32. The zero-order chi connectivity index (χ0) is 15.9. The van der Waals surface area contributed by atoms with Gasteiger partial charge in [0.05, 0.1) is 13.2 Å². The van der Waals surface area contributed by atoms with Crippen molar-refractivity contribution in [3.05, 3.63) is 53.7 Å². The first-order valence-electron chi connectivity index (χ1n) is 7.27. The number of nitrogens with zero attached hydrogens (tertiary/aromatic N) is 1. The van der Waals surface area contributed by atoms with Crippen LogP contribution < -0.4 is 15.4 Å². The van der Waals surface area contributed by atoms with E-state index in [-0.39, 0.29) is 6.04 Å². The number of pyridine rings is 1. The van der Waals surface area contributed by atoms with Gasteiger partial charge in [-0.3, -0.25) is 0 Å². The second-order valence-corrected chi connectivity index (χ2v) is 5.43. The number of methoxy groups -OCH3 is 1. The Morgan fingerprint density at radius 3 is 2.64 bits per heavy atom. The molecule has 0 saturated carbocycles. The van der Waals surface area contributed by atoms with Crippen LogP contribution in [0.3, 0.4) is 0 Å². The second-order valence-electron chi connectivity index (χ2n) is 5.02. The van der Waals surface area contributed by atoms with Gasteiger partial charge in [0, 0.05) is 6.20 Å². The van der Waals surface area contributed by atoms with Gasteiger partial charge >= 0.3 is 0 Å². The van der Waals surface area contributed by atoms with Crippen LogP contribution in [0.15, 0.2) is 42.6 Å². The normalized spacial score (nSPS) is 11.6.